The Balaban J connectivity index is 2.48. The van der Waals surface area contributed by atoms with Crippen LogP contribution in [0.4, 0.5) is 4.39 Å². The highest BCUT2D eigenvalue weighted by Gasteiger charge is 2.14. The van der Waals surface area contributed by atoms with Crippen molar-refractivity contribution in [2.45, 2.75) is 27.2 Å². The van der Waals surface area contributed by atoms with Crippen molar-refractivity contribution in [2.75, 3.05) is 20.1 Å². The van der Waals surface area contributed by atoms with Crippen LogP contribution in [0.5, 0.6) is 0 Å². The Morgan fingerprint density at radius 2 is 2.05 bits per heavy atom. The lowest BCUT2D eigenvalue weighted by molar-refractivity contribution is 0.275. The van der Waals surface area contributed by atoms with E-state index < -0.39 is 0 Å². The van der Waals surface area contributed by atoms with Crippen LogP contribution in [0.3, 0.4) is 0 Å². The Labute approximate surface area is 115 Å². The summed E-state index contributed by atoms with van der Waals surface area (Å²) in [6, 6.07) is 7.61. The van der Waals surface area contributed by atoms with E-state index in [4.69, 9.17) is 5.26 Å². The summed E-state index contributed by atoms with van der Waals surface area (Å²) in [6.45, 7) is 7.60. The highest BCUT2D eigenvalue weighted by molar-refractivity contribution is 5.24. The smallest absolute Gasteiger partial charge is 0.126 e. The third-order valence-corrected chi connectivity index (χ3v) is 3.48. The largest absolute Gasteiger partial charge is 0.305 e. The molecule has 0 spiro atoms. The number of benzene rings is 1. The van der Waals surface area contributed by atoms with Crippen molar-refractivity contribution in [1.29, 1.82) is 5.26 Å². The molecule has 0 saturated heterocycles. The van der Waals surface area contributed by atoms with Crippen molar-refractivity contribution in [3.05, 3.63) is 35.1 Å². The molecule has 0 aliphatic carbocycles. The molecule has 0 aliphatic rings. The molecule has 0 radical (unpaired) electrons. The molecule has 0 heterocycles. The SMILES string of the molecule is Cc1cc(CCN(C)CC(C#N)C(C)C)ccc1F. The van der Waals surface area contributed by atoms with E-state index in [1.54, 1.807) is 6.92 Å². The van der Waals surface area contributed by atoms with Gasteiger partial charge in [-0.3, -0.25) is 0 Å². The Morgan fingerprint density at radius 1 is 1.37 bits per heavy atom. The number of likely N-dealkylation sites (N-methyl/N-ethyl adjacent to an activating group) is 1. The highest BCUT2D eigenvalue weighted by Crippen LogP contribution is 2.13. The van der Waals surface area contributed by atoms with E-state index in [1.807, 2.05) is 19.2 Å². The Bertz CT molecular complexity index is 449. The summed E-state index contributed by atoms with van der Waals surface area (Å²) in [5.41, 5.74) is 1.83. The molecule has 1 aromatic rings. The summed E-state index contributed by atoms with van der Waals surface area (Å²) in [7, 11) is 2.03. The van der Waals surface area contributed by atoms with Gasteiger partial charge in [-0.05, 0) is 43.5 Å². The molecule has 1 atom stereocenters. The summed E-state index contributed by atoms with van der Waals surface area (Å²) >= 11 is 0. The molecule has 0 aromatic heterocycles. The lowest BCUT2D eigenvalue weighted by Gasteiger charge is -2.22. The first-order valence-corrected chi connectivity index (χ1v) is 6.77. The number of halogens is 1. The Hall–Kier alpha value is -1.40. The fourth-order valence-corrected chi connectivity index (χ4v) is 2.01. The van der Waals surface area contributed by atoms with Gasteiger partial charge in [0.05, 0.1) is 12.0 Å². The van der Waals surface area contributed by atoms with Crippen LogP contribution in [-0.2, 0) is 6.42 Å². The first kappa shape index (κ1) is 15.7. The minimum absolute atomic E-state index is 0.0694. The van der Waals surface area contributed by atoms with Gasteiger partial charge >= 0.3 is 0 Å². The fraction of sp³-hybridized carbons (Fsp3) is 0.562. The fourth-order valence-electron chi connectivity index (χ4n) is 2.01. The molecule has 0 bridgehead atoms. The minimum atomic E-state index is -0.151. The second-order valence-electron chi connectivity index (χ2n) is 5.58. The molecule has 1 rings (SSSR count). The normalized spacial score (nSPS) is 12.7. The van der Waals surface area contributed by atoms with Crippen molar-refractivity contribution in [3.8, 4) is 6.07 Å². The van der Waals surface area contributed by atoms with Crippen molar-refractivity contribution < 1.29 is 4.39 Å². The predicted octanol–water partition coefficient (Wildman–Crippen LogP) is 3.40. The number of nitriles is 1. The maximum Gasteiger partial charge on any atom is 0.126 e. The number of rotatable bonds is 6. The van der Waals surface area contributed by atoms with Crippen LogP contribution in [0, 0.1) is 35.9 Å². The summed E-state index contributed by atoms with van der Waals surface area (Å²) in [5.74, 6) is 0.293. The van der Waals surface area contributed by atoms with Gasteiger partial charge in [-0.15, -0.1) is 0 Å². The van der Waals surface area contributed by atoms with Crippen LogP contribution in [0.1, 0.15) is 25.0 Å². The molecular weight excluding hydrogens is 239 g/mol. The van der Waals surface area contributed by atoms with Crippen LogP contribution >= 0.6 is 0 Å². The Morgan fingerprint density at radius 3 is 2.58 bits per heavy atom. The van der Waals surface area contributed by atoms with Crippen LogP contribution in [0.15, 0.2) is 18.2 Å². The van der Waals surface area contributed by atoms with Gasteiger partial charge in [-0.25, -0.2) is 4.39 Å². The minimum Gasteiger partial charge on any atom is -0.305 e. The van der Waals surface area contributed by atoms with Crippen LogP contribution in [0.25, 0.3) is 0 Å². The maximum absolute atomic E-state index is 13.2. The average Bonchev–Trinajstić information content (AvgIpc) is 2.37. The van der Waals surface area contributed by atoms with E-state index >= 15 is 0 Å². The standard InChI is InChI=1S/C16H23FN2/c1-12(2)15(10-18)11-19(4)8-7-14-5-6-16(17)13(3)9-14/h5-6,9,12,15H,7-8,11H2,1-4H3. The molecule has 1 aromatic carbocycles. The highest BCUT2D eigenvalue weighted by atomic mass is 19.1. The zero-order valence-corrected chi connectivity index (χ0v) is 12.3. The van der Waals surface area contributed by atoms with E-state index in [2.05, 4.69) is 24.8 Å². The van der Waals surface area contributed by atoms with Gasteiger partial charge in [-0.2, -0.15) is 5.26 Å². The molecule has 0 fully saturated rings. The first-order valence-electron chi connectivity index (χ1n) is 6.77. The van der Waals surface area contributed by atoms with Gasteiger partial charge in [0, 0.05) is 13.1 Å². The van der Waals surface area contributed by atoms with Crippen molar-refractivity contribution in [2.24, 2.45) is 11.8 Å². The maximum atomic E-state index is 13.2. The third kappa shape index (κ3) is 5.00. The van der Waals surface area contributed by atoms with Gasteiger partial charge in [-0.1, -0.05) is 26.0 Å². The predicted molar refractivity (Wildman–Crippen MR) is 76.3 cm³/mol. The van der Waals surface area contributed by atoms with Gasteiger partial charge in [0.15, 0.2) is 0 Å². The van der Waals surface area contributed by atoms with E-state index in [1.165, 1.54) is 6.07 Å². The number of nitrogens with zero attached hydrogens (tertiary/aromatic N) is 2. The van der Waals surface area contributed by atoms with E-state index in [0.717, 1.165) is 25.1 Å². The molecule has 0 saturated carbocycles. The summed E-state index contributed by atoms with van der Waals surface area (Å²) in [4.78, 5) is 2.17. The number of hydrogen-bond acceptors (Lipinski definition) is 2. The van der Waals surface area contributed by atoms with Gasteiger partial charge in [0.25, 0.3) is 0 Å². The van der Waals surface area contributed by atoms with Crippen LogP contribution < -0.4 is 0 Å². The van der Waals surface area contributed by atoms with Crippen molar-refractivity contribution in [3.63, 3.8) is 0 Å². The first-order chi connectivity index (χ1) is 8.93. The number of hydrogen-bond donors (Lipinski definition) is 0. The van der Waals surface area contributed by atoms with E-state index in [9.17, 15) is 4.39 Å². The van der Waals surface area contributed by atoms with Gasteiger partial charge in [0.1, 0.15) is 5.82 Å². The summed E-state index contributed by atoms with van der Waals surface area (Å²) < 4.78 is 13.2. The molecule has 19 heavy (non-hydrogen) atoms. The quantitative estimate of drug-likeness (QED) is 0.785. The third-order valence-electron chi connectivity index (χ3n) is 3.48. The van der Waals surface area contributed by atoms with E-state index in [0.29, 0.717) is 11.5 Å². The summed E-state index contributed by atoms with van der Waals surface area (Å²) in [5, 5.41) is 9.08. The lowest BCUT2D eigenvalue weighted by Crippen LogP contribution is -2.29. The zero-order valence-electron chi connectivity index (χ0n) is 12.3. The molecule has 104 valence electrons. The van der Waals surface area contributed by atoms with Crippen LogP contribution in [0.2, 0.25) is 0 Å². The topological polar surface area (TPSA) is 27.0 Å². The molecule has 1 unspecified atom stereocenters. The van der Waals surface area contributed by atoms with Crippen LogP contribution in [-0.4, -0.2) is 25.0 Å². The van der Waals surface area contributed by atoms with Gasteiger partial charge in [0.2, 0.25) is 0 Å². The Kier molecular flexibility index (Phi) is 5.98. The van der Waals surface area contributed by atoms with E-state index in [-0.39, 0.29) is 11.7 Å². The zero-order chi connectivity index (χ0) is 14.4. The van der Waals surface area contributed by atoms with Gasteiger partial charge < -0.3 is 4.90 Å². The second kappa shape index (κ2) is 7.25. The molecule has 0 amide bonds. The monoisotopic (exact) mass is 262 g/mol. The molecule has 3 heteroatoms. The molecule has 0 aliphatic heterocycles. The molecule has 2 nitrogen and oxygen atoms in total. The summed E-state index contributed by atoms with van der Waals surface area (Å²) in [6.07, 6.45) is 0.883. The molecular formula is C16H23FN2. The lowest BCUT2D eigenvalue weighted by atomic mass is 9.97. The number of aryl methyl sites for hydroxylation is 1. The molecule has 0 N–H and O–H groups in total. The van der Waals surface area contributed by atoms with Crippen molar-refractivity contribution in [1.82, 2.24) is 4.90 Å². The van der Waals surface area contributed by atoms with Crippen molar-refractivity contribution >= 4 is 0 Å². The second-order valence-corrected chi connectivity index (χ2v) is 5.58. The average molecular weight is 262 g/mol.